The molecule has 3 heterocycles. The van der Waals surface area contributed by atoms with Crippen molar-refractivity contribution in [3.63, 3.8) is 0 Å². The molecule has 1 amide bonds. The molecule has 220 valence electrons. The number of nitriles is 1. The largest absolute Gasteiger partial charge is 0.487 e. The standard InChI is InChI=1S/C31H37N7O4/c1-22(39)31(40)38-11-3-4-28(18-38)42-29-10-5-23(16-24(29)17-32)30(33-2)35-21-34-25-6-8-26(9-7-25)36-12-14-37(15-13-36)27-19-41-20-27/h5-10,16,21-22,27-28,39H,2-4,11-15,18-20H2,1H3/t22-,28+/m0/s1. The fraction of sp³-hybridized carbons (Fsp3) is 0.452. The van der Waals surface area contributed by atoms with E-state index in [1.807, 2.05) is 12.1 Å². The van der Waals surface area contributed by atoms with Crippen molar-refractivity contribution in [2.45, 2.75) is 38.0 Å². The third-order valence-electron chi connectivity index (χ3n) is 7.90. The molecule has 3 aliphatic heterocycles. The Morgan fingerprint density at radius 3 is 2.57 bits per heavy atom. The van der Waals surface area contributed by atoms with E-state index in [1.165, 1.54) is 18.9 Å². The molecule has 0 radical (unpaired) electrons. The lowest BCUT2D eigenvalue weighted by atomic mass is 10.1. The van der Waals surface area contributed by atoms with Gasteiger partial charge in [-0.3, -0.25) is 9.69 Å². The molecule has 2 aromatic rings. The molecule has 11 nitrogen and oxygen atoms in total. The van der Waals surface area contributed by atoms with Crippen molar-refractivity contribution < 1.29 is 19.4 Å². The van der Waals surface area contributed by atoms with Gasteiger partial charge in [-0.2, -0.15) is 5.26 Å². The van der Waals surface area contributed by atoms with Crippen LogP contribution in [0.5, 0.6) is 5.75 Å². The van der Waals surface area contributed by atoms with Gasteiger partial charge in [0.15, 0.2) is 5.84 Å². The molecular formula is C31H37N7O4. The minimum atomic E-state index is -1.05. The predicted molar refractivity (Wildman–Crippen MR) is 162 cm³/mol. The molecule has 3 aliphatic rings. The summed E-state index contributed by atoms with van der Waals surface area (Å²) in [7, 11) is 0. The normalized spacial score (nSPS) is 21.1. The van der Waals surface area contributed by atoms with Crippen LogP contribution in [-0.4, -0.2) is 110 Å². The molecular weight excluding hydrogens is 534 g/mol. The predicted octanol–water partition coefficient (Wildman–Crippen LogP) is 2.64. The number of aliphatic imine (C=N–C) groups is 3. The number of piperidine rings is 1. The molecule has 0 aliphatic carbocycles. The quantitative estimate of drug-likeness (QED) is 0.381. The maximum absolute atomic E-state index is 12.2. The number of hydrogen-bond donors (Lipinski definition) is 1. The van der Waals surface area contributed by atoms with E-state index in [0.717, 1.165) is 57.9 Å². The Kier molecular flexibility index (Phi) is 9.59. The molecule has 0 bridgehead atoms. The smallest absolute Gasteiger partial charge is 0.251 e. The van der Waals surface area contributed by atoms with Crippen molar-refractivity contribution in [2.75, 3.05) is 57.4 Å². The number of carbonyl (C=O) groups excluding carboxylic acids is 1. The maximum Gasteiger partial charge on any atom is 0.251 e. The first-order chi connectivity index (χ1) is 20.4. The zero-order chi connectivity index (χ0) is 29.5. The van der Waals surface area contributed by atoms with E-state index in [2.05, 4.69) is 49.7 Å². The van der Waals surface area contributed by atoms with Gasteiger partial charge in [0.05, 0.1) is 37.1 Å². The van der Waals surface area contributed by atoms with Crippen LogP contribution in [0, 0.1) is 11.3 Å². The first-order valence-electron chi connectivity index (χ1n) is 14.4. The fourth-order valence-electron chi connectivity index (χ4n) is 5.42. The number of likely N-dealkylation sites (tertiary alicyclic amines) is 1. The number of ether oxygens (including phenoxy) is 2. The number of amidine groups is 1. The lowest BCUT2D eigenvalue weighted by Gasteiger charge is -2.43. The first kappa shape index (κ1) is 29.4. The van der Waals surface area contributed by atoms with Crippen LogP contribution in [0.25, 0.3) is 0 Å². The Bertz CT molecular complexity index is 1360. The van der Waals surface area contributed by atoms with Gasteiger partial charge in [-0.25, -0.2) is 15.0 Å². The Morgan fingerprint density at radius 1 is 1.17 bits per heavy atom. The number of anilines is 1. The second-order valence-corrected chi connectivity index (χ2v) is 10.8. The molecule has 1 N–H and O–H groups in total. The Balaban J connectivity index is 1.19. The van der Waals surface area contributed by atoms with Gasteiger partial charge in [0.1, 0.15) is 30.4 Å². The molecule has 0 spiro atoms. The lowest BCUT2D eigenvalue weighted by molar-refractivity contribution is -0.141. The van der Waals surface area contributed by atoms with E-state index >= 15 is 0 Å². The number of nitrogens with zero attached hydrogens (tertiary/aromatic N) is 7. The fourth-order valence-corrected chi connectivity index (χ4v) is 5.42. The molecule has 2 aromatic carbocycles. The molecule has 0 aromatic heterocycles. The van der Waals surface area contributed by atoms with Gasteiger partial charge >= 0.3 is 0 Å². The molecule has 11 heteroatoms. The summed E-state index contributed by atoms with van der Waals surface area (Å²) in [5, 5.41) is 19.4. The second-order valence-electron chi connectivity index (χ2n) is 10.8. The monoisotopic (exact) mass is 571 g/mol. The van der Waals surface area contributed by atoms with Gasteiger partial charge in [-0.05, 0) is 68.9 Å². The van der Waals surface area contributed by atoms with Crippen LogP contribution in [0.4, 0.5) is 11.4 Å². The molecule has 3 saturated heterocycles. The number of carbonyl (C=O) groups is 1. The molecule has 5 rings (SSSR count). The Morgan fingerprint density at radius 2 is 1.93 bits per heavy atom. The summed E-state index contributed by atoms with van der Waals surface area (Å²) in [5.41, 5.74) is 2.89. The van der Waals surface area contributed by atoms with Crippen molar-refractivity contribution in [3.8, 4) is 11.8 Å². The highest BCUT2D eigenvalue weighted by Crippen LogP contribution is 2.25. The van der Waals surface area contributed by atoms with Gasteiger partial charge < -0.3 is 24.4 Å². The van der Waals surface area contributed by atoms with Gasteiger partial charge in [-0.1, -0.05) is 0 Å². The zero-order valence-electron chi connectivity index (χ0n) is 23.9. The summed E-state index contributed by atoms with van der Waals surface area (Å²) in [6, 6.07) is 16.0. The number of benzene rings is 2. The van der Waals surface area contributed by atoms with Gasteiger partial charge in [-0.15, -0.1) is 0 Å². The summed E-state index contributed by atoms with van der Waals surface area (Å²) in [5.74, 6) is 0.441. The van der Waals surface area contributed by atoms with E-state index in [9.17, 15) is 15.2 Å². The van der Waals surface area contributed by atoms with Gasteiger partial charge in [0.2, 0.25) is 0 Å². The third-order valence-corrected chi connectivity index (χ3v) is 7.90. The topological polar surface area (TPSA) is 126 Å². The SMILES string of the molecule is C=NC(=NC=Nc1ccc(N2CCN(C3COC3)CC2)cc1)c1ccc(O[C@@H]2CCCN(C(=O)[C@H](C)O)C2)c(C#N)c1. The van der Waals surface area contributed by atoms with E-state index in [4.69, 9.17) is 9.47 Å². The highest BCUT2D eigenvalue weighted by atomic mass is 16.5. The van der Waals surface area contributed by atoms with Crippen LogP contribution in [0.15, 0.2) is 57.4 Å². The number of aliphatic hydroxyl groups is 1. The summed E-state index contributed by atoms with van der Waals surface area (Å²) < 4.78 is 11.4. The number of piperazine rings is 1. The second kappa shape index (κ2) is 13.7. The van der Waals surface area contributed by atoms with Crippen LogP contribution in [0.3, 0.4) is 0 Å². The van der Waals surface area contributed by atoms with Gasteiger partial charge in [0.25, 0.3) is 5.91 Å². The van der Waals surface area contributed by atoms with Crippen LogP contribution in [-0.2, 0) is 9.53 Å². The average Bonchev–Trinajstić information content (AvgIpc) is 2.99. The molecule has 0 saturated carbocycles. The van der Waals surface area contributed by atoms with Gasteiger partial charge in [0, 0.05) is 44.0 Å². The number of amides is 1. The third kappa shape index (κ3) is 7.02. The van der Waals surface area contributed by atoms with Crippen molar-refractivity contribution in [3.05, 3.63) is 53.6 Å². The molecule has 2 atom stereocenters. The van der Waals surface area contributed by atoms with Crippen LogP contribution < -0.4 is 9.64 Å². The Labute approximate surface area is 246 Å². The molecule has 42 heavy (non-hydrogen) atoms. The number of rotatable bonds is 8. The van der Waals surface area contributed by atoms with Crippen LogP contribution in [0.2, 0.25) is 0 Å². The zero-order valence-corrected chi connectivity index (χ0v) is 23.9. The van der Waals surface area contributed by atoms with Crippen molar-refractivity contribution in [1.82, 2.24) is 9.80 Å². The summed E-state index contributed by atoms with van der Waals surface area (Å²) in [6.45, 7) is 11.8. The maximum atomic E-state index is 12.2. The van der Waals surface area contributed by atoms with Crippen molar-refractivity contribution in [2.24, 2.45) is 15.0 Å². The average molecular weight is 572 g/mol. The van der Waals surface area contributed by atoms with Crippen molar-refractivity contribution in [1.29, 1.82) is 5.26 Å². The number of hydrogen-bond acceptors (Lipinski definition) is 8. The highest BCUT2D eigenvalue weighted by molar-refractivity contribution is 6.05. The van der Waals surface area contributed by atoms with Crippen LogP contribution >= 0.6 is 0 Å². The van der Waals surface area contributed by atoms with E-state index in [-0.39, 0.29) is 12.0 Å². The Hall–Kier alpha value is -4.11. The van der Waals surface area contributed by atoms with Crippen LogP contribution in [0.1, 0.15) is 30.9 Å². The van der Waals surface area contributed by atoms with E-state index in [0.29, 0.717) is 41.8 Å². The minimum Gasteiger partial charge on any atom is -0.487 e. The summed E-state index contributed by atoms with van der Waals surface area (Å²) in [6.07, 6.45) is 1.63. The first-order valence-corrected chi connectivity index (χ1v) is 14.4. The minimum absolute atomic E-state index is 0.268. The highest BCUT2D eigenvalue weighted by Gasteiger charge is 2.29. The molecule has 0 unspecified atom stereocenters. The lowest BCUT2D eigenvalue weighted by Crippen LogP contribution is -2.56. The summed E-state index contributed by atoms with van der Waals surface area (Å²) in [4.78, 5) is 31.6. The van der Waals surface area contributed by atoms with E-state index in [1.54, 1.807) is 23.1 Å². The summed E-state index contributed by atoms with van der Waals surface area (Å²) >= 11 is 0. The molecule has 3 fully saturated rings. The number of aliphatic hydroxyl groups excluding tert-OH is 1. The van der Waals surface area contributed by atoms with E-state index < -0.39 is 6.10 Å². The van der Waals surface area contributed by atoms with Crippen molar-refractivity contribution >= 4 is 36.2 Å².